The van der Waals surface area contributed by atoms with E-state index in [4.69, 9.17) is 0 Å². The Hall–Kier alpha value is -0.220. The van der Waals surface area contributed by atoms with Crippen molar-refractivity contribution in [2.24, 2.45) is 5.92 Å². The van der Waals surface area contributed by atoms with Gasteiger partial charge in [-0.1, -0.05) is 13.8 Å². The topological polar surface area (TPSA) is 15.3 Å². The number of halogens is 2. The van der Waals surface area contributed by atoms with E-state index in [9.17, 15) is 8.78 Å². The molecule has 1 atom stereocenters. The standard InChI is InChI=1S/C12H26F2N2/c1-9(2)10(7-15-12(3,4)5)16(6)8-11(13)14/h9-11,15H,7-8H2,1-6H3. The lowest BCUT2D eigenvalue weighted by Crippen LogP contribution is -2.49. The Labute approximate surface area is 98.4 Å². The van der Waals surface area contributed by atoms with Gasteiger partial charge in [-0.2, -0.15) is 0 Å². The Morgan fingerprint density at radius 2 is 1.69 bits per heavy atom. The highest BCUT2D eigenvalue weighted by atomic mass is 19.3. The van der Waals surface area contributed by atoms with Gasteiger partial charge in [0.25, 0.3) is 6.43 Å². The van der Waals surface area contributed by atoms with Crippen LogP contribution < -0.4 is 5.32 Å². The third kappa shape index (κ3) is 7.12. The summed E-state index contributed by atoms with van der Waals surface area (Å²) in [5.74, 6) is 0.360. The van der Waals surface area contributed by atoms with Crippen LogP contribution in [0.4, 0.5) is 8.78 Å². The second-order valence-electron chi connectivity index (χ2n) is 5.77. The van der Waals surface area contributed by atoms with Crippen LogP contribution >= 0.6 is 0 Å². The lowest BCUT2D eigenvalue weighted by atomic mass is 10.0. The van der Waals surface area contributed by atoms with E-state index in [0.717, 1.165) is 6.54 Å². The molecule has 0 saturated carbocycles. The van der Waals surface area contributed by atoms with E-state index in [2.05, 4.69) is 39.9 Å². The normalized spacial score (nSPS) is 15.2. The van der Waals surface area contributed by atoms with Gasteiger partial charge < -0.3 is 5.32 Å². The van der Waals surface area contributed by atoms with Crippen molar-refractivity contribution >= 4 is 0 Å². The summed E-state index contributed by atoms with van der Waals surface area (Å²) in [6, 6.07) is 0.147. The first kappa shape index (κ1) is 15.8. The van der Waals surface area contributed by atoms with Gasteiger partial charge in [0.15, 0.2) is 0 Å². The molecule has 0 heterocycles. The number of rotatable bonds is 6. The summed E-state index contributed by atoms with van der Waals surface area (Å²) >= 11 is 0. The lowest BCUT2D eigenvalue weighted by Gasteiger charge is -2.34. The van der Waals surface area contributed by atoms with Crippen molar-refractivity contribution < 1.29 is 8.78 Å². The van der Waals surface area contributed by atoms with Gasteiger partial charge in [0, 0.05) is 18.1 Å². The Morgan fingerprint density at radius 1 is 1.19 bits per heavy atom. The highest BCUT2D eigenvalue weighted by Gasteiger charge is 2.22. The maximum Gasteiger partial charge on any atom is 0.251 e. The average Bonchev–Trinajstić information content (AvgIpc) is 1.99. The van der Waals surface area contributed by atoms with E-state index in [1.54, 1.807) is 11.9 Å². The van der Waals surface area contributed by atoms with Crippen molar-refractivity contribution in [3.63, 3.8) is 0 Å². The number of hydrogen-bond donors (Lipinski definition) is 1. The fourth-order valence-corrected chi connectivity index (χ4v) is 1.66. The van der Waals surface area contributed by atoms with Crippen LogP contribution in [0, 0.1) is 5.92 Å². The summed E-state index contributed by atoms with van der Waals surface area (Å²) < 4.78 is 24.6. The van der Waals surface area contributed by atoms with Crippen molar-refractivity contribution in [1.82, 2.24) is 10.2 Å². The number of hydrogen-bond acceptors (Lipinski definition) is 2. The molecule has 0 rings (SSSR count). The van der Waals surface area contributed by atoms with Gasteiger partial charge in [0.05, 0.1) is 6.54 Å². The molecule has 0 amide bonds. The number of nitrogens with zero attached hydrogens (tertiary/aromatic N) is 1. The monoisotopic (exact) mass is 236 g/mol. The molecule has 0 aliphatic carbocycles. The molecule has 0 aromatic carbocycles. The SMILES string of the molecule is CC(C)C(CNC(C)(C)C)N(C)CC(F)F. The smallest absolute Gasteiger partial charge is 0.251 e. The molecule has 0 aliphatic heterocycles. The molecule has 0 aromatic rings. The molecule has 0 aromatic heterocycles. The summed E-state index contributed by atoms with van der Waals surface area (Å²) in [6.45, 7) is 11.0. The maximum atomic E-state index is 12.3. The van der Waals surface area contributed by atoms with Crippen LogP contribution in [0.15, 0.2) is 0 Å². The van der Waals surface area contributed by atoms with E-state index in [1.807, 2.05) is 0 Å². The summed E-state index contributed by atoms with van der Waals surface area (Å²) in [5, 5.41) is 3.37. The summed E-state index contributed by atoms with van der Waals surface area (Å²) in [6.07, 6.45) is -2.26. The zero-order chi connectivity index (χ0) is 12.9. The fourth-order valence-electron chi connectivity index (χ4n) is 1.66. The quantitative estimate of drug-likeness (QED) is 0.762. The van der Waals surface area contributed by atoms with Crippen LogP contribution in [0.25, 0.3) is 0 Å². The third-order valence-electron chi connectivity index (χ3n) is 2.60. The Morgan fingerprint density at radius 3 is 2.00 bits per heavy atom. The van der Waals surface area contributed by atoms with Gasteiger partial charge in [0.2, 0.25) is 0 Å². The molecule has 0 aliphatic rings. The molecular weight excluding hydrogens is 210 g/mol. The van der Waals surface area contributed by atoms with Gasteiger partial charge in [-0.15, -0.1) is 0 Å². The van der Waals surface area contributed by atoms with Crippen LogP contribution in [-0.2, 0) is 0 Å². The predicted molar refractivity (Wildman–Crippen MR) is 65.0 cm³/mol. The highest BCUT2D eigenvalue weighted by Crippen LogP contribution is 2.11. The fraction of sp³-hybridized carbons (Fsp3) is 1.00. The third-order valence-corrected chi connectivity index (χ3v) is 2.60. The first-order valence-electron chi connectivity index (χ1n) is 5.87. The highest BCUT2D eigenvalue weighted by molar-refractivity contribution is 4.80. The van der Waals surface area contributed by atoms with E-state index >= 15 is 0 Å². The van der Waals surface area contributed by atoms with Gasteiger partial charge >= 0.3 is 0 Å². The molecule has 0 saturated heterocycles. The Bertz CT molecular complexity index is 188. The number of alkyl halides is 2. The molecule has 1 N–H and O–H groups in total. The van der Waals surface area contributed by atoms with E-state index < -0.39 is 6.43 Å². The second-order valence-corrected chi connectivity index (χ2v) is 5.77. The Balaban J connectivity index is 4.27. The minimum Gasteiger partial charge on any atom is -0.311 e. The minimum absolute atomic E-state index is 0.0266. The largest absolute Gasteiger partial charge is 0.311 e. The second kappa shape index (κ2) is 6.50. The van der Waals surface area contributed by atoms with E-state index in [1.165, 1.54) is 0 Å². The van der Waals surface area contributed by atoms with Gasteiger partial charge in [-0.3, -0.25) is 4.90 Å². The number of nitrogens with one attached hydrogen (secondary N) is 1. The molecule has 98 valence electrons. The van der Waals surface area contributed by atoms with Crippen LogP contribution in [0.5, 0.6) is 0 Å². The molecular formula is C12H26F2N2. The maximum absolute atomic E-state index is 12.3. The van der Waals surface area contributed by atoms with Crippen molar-refractivity contribution in [2.75, 3.05) is 20.1 Å². The first-order chi connectivity index (χ1) is 7.13. The summed E-state index contributed by atoms with van der Waals surface area (Å²) in [4.78, 5) is 1.74. The summed E-state index contributed by atoms with van der Waals surface area (Å²) in [7, 11) is 1.77. The zero-order valence-corrected chi connectivity index (χ0v) is 11.3. The molecule has 2 nitrogen and oxygen atoms in total. The molecule has 1 unspecified atom stereocenters. The summed E-state index contributed by atoms with van der Waals surface area (Å²) in [5.41, 5.74) is 0.0266. The van der Waals surface area contributed by atoms with Crippen LogP contribution in [0.2, 0.25) is 0 Å². The predicted octanol–water partition coefficient (Wildman–Crippen LogP) is 2.60. The number of likely N-dealkylation sites (N-methyl/N-ethyl adjacent to an activating group) is 1. The van der Waals surface area contributed by atoms with Crippen LogP contribution in [0.1, 0.15) is 34.6 Å². The van der Waals surface area contributed by atoms with Crippen molar-refractivity contribution in [3.05, 3.63) is 0 Å². The van der Waals surface area contributed by atoms with Gasteiger partial charge in [-0.05, 0) is 33.7 Å². The molecule has 16 heavy (non-hydrogen) atoms. The van der Waals surface area contributed by atoms with Crippen molar-refractivity contribution in [2.45, 2.75) is 52.6 Å². The molecule has 4 heteroatoms. The zero-order valence-electron chi connectivity index (χ0n) is 11.3. The van der Waals surface area contributed by atoms with E-state index in [-0.39, 0.29) is 18.1 Å². The van der Waals surface area contributed by atoms with Gasteiger partial charge in [0.1, 0.15) is 0 Å². The molecule has 0 radical (unpaired) electrons. The van der Waals surface area contributed by atoms with Crippen LogP contribution in [-0.4, -0.2) is 43.0 Å². The molecule has 0 bridgehead atoms. The van der Waals surface area contributed by atoms with Gasteiger partial charge in [-0.25, -0.2) is 8.78 Å². The molecule has 0 spiro atoms. The van der Waals surface area contributed by atoms with Crippen molar-refractivity contribution in [3.8, 4) is 0 Å². The lowest BCUT2D eigenvalue weighted by molar-refractivity contribution is 0.0668. The van der Waals surface area contributed by atoms with Crippen LogP contribution in [0.3, 0.4) is 0 Å². The molecule has 0 fully saturated rings. The minimum atomic E-state index is -2.26. The Kier molecular flexibility index (Phi) is 6.41. The average molecular weight is 236 g/mol. The first-order valence-corrected chi connectivity index (χ1v) is 5.87. The van der Waals surface area contributed by atoms with Crippen molar-refractivity contribution in [1.29, 1.82) is 0 Å². The van der Waals surface area contributed by atoms with E-state index in [0.29, 0.717) is 5.92 Å².